The summed E-state index contributed by atoms with van der Waals surface area (Å²) in [5.41, 5.74) is 0. The number of hydrogen-bond acceptors (Lipinski definition) is 3. The van der Waals surface area contributed by atoms with E-state index in [1.165, 1.54) is 0 Å². The smallest absolute Gasteiger partial charge is 0.222 e. The molecule has 17 heavy (non-hydrogen) atoms. The second-order valence-corrected chi connectivity index (χ2v) is 4.46. The number of amides is 2. The first-order chi connectivity index (χ1) is 8.15. The summed E-state index contributed by atoms with van der Waals surface area (Å²) in [6.45, 7) is 4.42. The highest BCUT2D eigenvalue weighted by molar-refractivity contribution is 5.79. The van der Waals surface area contributed by atoms with Crippen molar-refractivity contribution in [2.45, 2.75) is 38.6 Å². The zero-order chi connectivity index (χ0) is 12.7. The summed E-state index contributed by atoms with van der Waals surface area (Å²) in [4.78, 5) is 24.9. The van der Waals surface area contributed by atoms with Crippen molar-refractivity contribution in [1.82, 2.24) is 15.5 Å². The summed E-state index contributed by atoms with van der Waals surface area (Å²) in [6.07, 6.45) is 2.56. The molecule has 1 atom stereocenters. The van der Waals surface area contributed by atoms with Gasteiger partial charge in [0, 0.05) is 39.0 Å². The maximum atomic E-state index is 11.8. The Morgan fingerprint density at radius 1 is 1.41 bits per heavy atom. The number of carbonyl (C=O) groups excluding carboxylic acids is 2. The van der Waals surface area contributed by atoms with Crippen molar-refractivity contribution < 1.29 is 9.59 Å². The third-order valence-corrected chi connectivity index (χ3v) is 3.14. The lowest BCUT2D eigenvalue weighted by atomic mass is 10.1. The molecule has 1 rings (SSSR count). The van der Waals surface area contributed by atoms with Crippen molar-refractivity contribution in [3.05, 3.63) is 0 Å². The van der Waals surface area contributed by atoms with Crippen LogP contribution in [-0.4, -0.2) is 49.4 Å². The topological polar surface area (TPSA) is 61.4 Å². The Balaban J connectivity index is 2.17. The second kappa shape index (κ2) is 7.27. The Bertz CT molecular complexity index is 262. The van der Waals surface area contributed by atoms with Crippen LogP contribution in [0.4, 0.5) is 0 Å². The van der Waals surface area contributed by atoms with Crippen LogP contribution in [0.25, 0.3) is 0 Å². The summed E-state index contributed by atoms with van der Waals surface area (Å²) in [5, 5.41) is 5.97. The number of likely N-dealkylation sites (N-methyl/N-ethyl adjacent to an activating group) is 1. The number of rotatable bonds is 6. The Morgan fingerprint density at radius 3 is 2.76 bits per heavy atom. The van der Waals surface area contributed by atoms with Crippen molar-refractivity contribution in [1.29, 1.82) is 0 Å². The van der Waals surface area contributed by atoms with E-state index in [2.05, 4.69) is 10.6 Å². The largest absolute Gasteiger partial charge is 0.356 e. The summed E-state index contributed by atoms with van der Waals surface area (Å²) in [7, 11) is 1.85. The van der Waals surface area contributed by atoms with Gasteiger partial charge >= 0.3 is 0 Å². The summed E-state index contributed by atoms with van der Waals surface area (Å²) >= 11 is 0. The fourth-order valence-electron chi connectivity index (χ4n) is 2.04. The molecule has 0 aliphatic carbocycles. The Hall–Kier alpha value is -1.10. The standard InChI is InChI=1S/C12H23N3O2/c1-3-14-11(16)5-4-6-12(17)15(2)10-7-8-13-9-10/h10,13H,3-9H2,1-2H3,(H,14,16). The molecule has 2 amide bonds. The van der Waals surface area contributed by atoms with Crippen LogP contribution in [0.2, 0.25) is 0 Å². The molecule has 0 aromatic rings. The average Bonchev–Trinajstić information content (AvgIpc) is 2.81. The van der Waals surface area contributed by atoms with E-state index in [4.69, 9.17) is 0 Å². The predicted octanol–water partition coefficient (Wildman–Crippen LogP) is 0.113. The van der Waals surface area contributed by atoms with Gasteiger partial charge in [-0.05, 0) is 26.3 Å². The molecule has 0 spiro atoms. The van der Waals surface area contributed by atoms with E-state index in [1.807, 2.05) is 18.9 Å². The number of hydrogen-bond donors (Lipinski definition) is 2. The number of nitrogens with one attached hydrogen (secondary N) is 2. The molecule has 1 aliphatic rings. The summed E-state index contributed by atoms with van der Waals surface area (Å²) in [5.74, 6) is 0.175. The highest BCUT2D eigenvalue weighted by atomic mass is 16.2. The lowest BCUT2D eigenvalue weighted by Gasteiger charge is -2.23. The molecule has 0 bridgehead atoms. The minimum absolute atomic E-state index is 0.0329. The quantitative estimate of drug-likeness (QED) is 0.694. The monoisotopic (exact) mass is 241 g/mol. The molecule has 1 heterocycles. The van der Waals surface area contributed by atoms with E-state index in [9.17, 15) is 9.59 Å². The van der Waals surface area contributed by atoms with Gasteiger partial charge in [-0.2, -0.15) is 0 Å². The lowest BCUT2D eigenvalue weighted by molar-refractivity contribution is -0.131. The molecule has 1 fully saturated rings. The van der Waals surface area contributed by atoms with Gasteiger partial charge in [0.25, 0.3) is 0 Å². The molecule has 0 aromatic heterocycles. The Morgan fingerprint density at radius 2 is 2.18 bits per heavy atom. The summed E-state index contributed by atoms with van der Waals surface area (Å²) in [6, 6.07) is 0.326. The molecule has 0 radical (unpaired) electrons. The molecule has 2 N–H and O–H groups in total. The zero-order valence-electron chi connectivity index (χ0n) is 10.8. The maximum Gasteiger partial charge on any atom is 0.222 e. The van der Waals surface area contributed by atoms with Gasteiger partial charge in [-0.25, -0.2) is 0 Å². The minimum atomic E-state index is 0.0329. The molecular weight excluding hydrogens is 218 g/mol. The first-order valence-electron chi connectivity index (χ1n) is 6.38. The molecule has 1 unspecified atom stereocenters. The van der Waals surface area contributed by atoms with E-state index in [0.717, 1.165) is 19.5 Å². The van der Waals surface area contributed by atoms with Crippen LogP contribution in [0, 0.1) is 0 Å². The van der Waals surface area contributed by atoms with E-state index in [-0.39, 0.29) is 11.8 Å². The van der Waals surface area contributed by atoms with Crippen LogP contribution >= 0.6 is 0 Å². The molecule has 98 valence electrons. The average molecular weight is 241 g/mol. The highest BCUT2D eigenvalue weighted by Crippen LogP contribution is 2.09. The molecule has 5 heteroatoms. The molecule has 5 nitrogen and oxygen atoms in total. The van der Waals surface area contributed by atoms with Gasteiger partial charge < -0.3 is 15.5 Å². The van der Waals surface area contributed by atoms with Crippen molar-refractivity contribution in [2.24, 2.45) is 0 Å². The van der Waals surface area contributed by atoms with Gasteiger partial charge in [0.1, 0.15) is 0 Å². The fraction of sp³-hybridized carbons (Fsp3) is 0.833. The molecule has 1 saturated heterocycles. The lowest BCUT2D eigenvalue weighted by Crippen LogP contribution is -2.38. The summed E-state index contributed by atoms with van der Waals surface area (Å²) < 4.78 is 0. The predicted molar refractivity (Wildman–Crippen MR) is 66.6 cm³/mol. The third kappa shape index (κ3) is 4.73. The van der Waals surface area contributed by atoms with Crippen LogP contribution in [0.1, 0.15) is 32.6 Å². The van der Waals surface area contributed by atoms with Crippen molar-refractivity contribution in [3.8, 4) is 0 Å². The van der Waals surface area contributed by atoms with Crippen molar-refractivity contribution in [3.63, 3.8) is 0 Å². The number of carbonyl (C=O) groups is 2. The van der Waals surface area contributed by atoms with Crippen LogP contribution in [0.5, 0.6) is 0 Å². The van der Waals surface area contributed by atoms with E-state index in [0.29, 0.717) is 31.8 Å². The zero-order valence-corrected chi connectivity index (χ0v) is 10.8. The SMILES string of the molecule is CCNC(=O)CCCC(=O)N(C)C1CCNC1. The normalized spacial score (nSPS) is 19.1. The van der Waals surface area contributed by atoms with Crippen LogP contribution in [-0.2, 0) is 9.59 Å². The Labute approximate surface area is 103 Å². The Kier molecular flexibility index (Phi) is 5.97. The van der Waals surface area contributed by atoms with Crippen LogP contribution in [0.3, 0.4) is 0 Å². The van der Waals surface area contributed by atoms with Gasteiger partial charge in [0.05, 0.1) is 0 Å². The van der Waals surface area contributed by atoms with E-state index < -0.39 is 0 Å². The number of nitrogens with zero attached hydrogens (tertiary/aromatic N) is 1. The van der Waals surface area contributed by atoms with Gasteiger partial charge in [0.2, 0.25) is 11.8 Å². The van der Waals surface area contributed by atoms with Crippen molar-refractivity contribution >= 4 is 11.8 Å². The molecule has 0 aromatic carbocycles. The van der Waals surface area contributed by atoms with Crippen molar-refractivity contribution in [2.75, 3.05) is 26.7 Å². The molecule has 1 aliphatic heterocycles. The maximum absolute atomic E-state index is 11.8. The first kappa shape index (κ1) is 14.0. The van der Waals surface area contributed by atoms with E-state index >= 15 is 0 Å². The third-order valence-electron chi connectivity index (χ3n) is 3.14. The van der Waals surface area contributed by atoms with Gasteiger partial charge in [-0.15, -0.1) is 0 Å². The van der Waals surface area contributed by atoms with Crippen LogP contribution < -0.4 is 10.6 Å². The minimum Gasteiger partial charge on any atom is -0.356 e. The second-order valence-electron chi connectivity index (χ2n) is 4.46. The van der Waals surface area contributed by atoms with Gasteiger partial charge in [-0.3, -0.25) is 9.59 Å². The van der Waals surface area contributed by atoms with Crippen LogP contribution in [0.15, 0.2) is 0 Å². The first-order valence-corrected chi connectivity index (χ1v) is 6.38. The van der Waals surface area contributed by atoms with E-state index in [1.54, 1.807) is 0 Å². The van der Waals surface area contributed by atoms with Gasteiger partial charge in [0.15, 0.2) is 0 Å². The molecule has 0 saturated carbocycles. The highest BCUT2D eigenvalue weighted by Gasteiger charge is 2.22. The van der Waals surface area contributed by atoms with Gasteiger partial charge in [-0.1, -0.05) is 0 Å². The molecular formula is C12H23N3O2. The fourth-order valence-corrected chi connectivity index (χ4v) is 2.04.